The molecule has 5 N–H and O–H groups in total. The van der Waals surface area contributed by atoms with Crippen LogP contribution in [0.25, 0.3) is 10.8 Å². The molecule has 1 aromatic heterocycles. The van der Waals surface area contributed by atoms with E-state index in [0.717, 1.165) is 6.07 Å². The number of Topliss-reactive ketones (excluding diaryl/α,β-unsaturated/α-hetero) is 2. The van der Waals surface area contributed by atoms with Crippen LogP contribution in [0.5, 0.6) is 23.0 Å². The number of aldehydes is 1. The summed E-state index contributed by atoms with van der Waals surface area (Å²) in [6.45, 7) is 1.52. The fourth-order valence-electron chi connectivity index (χ4n) is 5.40. The van der Waals surface area contributed by atoms with Crippen LogP contribution in [-0.2, 0) is 9.47 Å². The molecule has 1 spiro atoms. The Balaban J connectivity index is 1.54. The molecule has 0 fully saturated rings. The van der Waals surface area contributed by atoms with Crippen LogP contribution in [0.1, 0.15) is 48.5 Å². The number of benzene rings is 2. The molecule has 3 aliphatic rings. The maximum atomic E-state index is 13.4. The van der Waals surface area contributed by atoms with Crippen molar-refractivity contribution in [3.05, 3.63) is 68.0 Å². The third-order valence-corrected chi connectivity index (χ3v) is 7.15. The summed E-state index contributed by atoms with van der Waals surface area (Å²) in [4.78, 5) is 50.6. The third-order valence-electron chi connectivity index (χ3n) is 7.15. The van der Waals surface area contributed by atoms with E-state index in [1.54, 1.807) is 0 Å². The largest absolute Gasteiger partial charge is 0.507 e. The molecule has 0 saturated heterocycles. The molecule has 13 nitrogen and oxygen atoms in total. The minimum Gasteiger partial charge on any atom is -0.507 e. The molecule has 13 heteroatoms. The molecule has 2 aromatic carbocycles. The summed E-state index contributed by atoms with van der Waals surface area (Å²) in [6.07, 6.45) is -5.37. The van der Waals surface area contributed by atoms with Gasteiger partial charge in [0.1, 0.15) is 28.7 Å². The van der Waals surface area contributed by atoms with Gasteiger partial charge in [0.2, 0.25) is 5.78 Å². The molecule has 1 aliphatic carbocycles. The van der Waals surface area contributed by atoms with Gasteiger partial charge in [-0.2, -0.15) is 0 Å². The first-order valence-electron chi connectivity index (χ1n) is 11.4. The zero-order valence-corrected chi connectivity index (χ0v) is 20.0. The molecule has 6 rings (SSSR count). The Bertz CT molecular complexity index is 1760. The highest BCUT2D eigenvalue weighted by Crippen LogP contribution is 2.55. The predicted molar refractivity (Wildman–Crippen MR) is 126 cm³/mol. The van der Waals surface area contributed by atoms with Gasteiger partial charge in [0.25, 0.3) is 0 Å². The quantitative estimate of drug-likeness (QED) is 0.227. The molecule has 0 amide bonds. The zero-order chi connectivity index (χ0) is 28.1. The number of phenols is 3. The second-order valence-corrected chi connectivity index (χ2v) is 9.28. The number of fused-ring (bicyclic) bond motifs is 3. The number of carbonyl (C=O) groups excluding carboxylic acids is 3. The summed E-state index contributed by atoms with van der Waals surface area (Å²) in [6, 6.07) is 3.63. The molecule has 0 saturated carbocycles. The lowest BCUT2D eigenvalue weighted by molar-refractivity contribution is -0.273. The topological polar surface area (TPSA) is 210 Å². The molecule has 3 heterocycles. The van der Waals surface area contributed by atoms with Crippen molar-refractivity contribution in [1.29, 1.82) is 0 Å². The summed E-state index contributed by atoms with van der Waals surface area (Å²) in [5, 5.41) is 54.5. The summed E-state index contributed by atoms with van der Waals surface area (Å²) < 4.78 is 21.9. The molecule has 3 aromatic rings. The lowest BCUT2D eigenvalue weighted by atomic mass is 9.81. The highest BCUT2D eigenvalue weighted by molar-refractivity contribution is 6.29. The van der Waals surface area contributed by atoms with Crippen molar-refractivity contribution in [2.24, 2.45) is 0 Å². The Morgan fingerprint density at radius 3 is 2.36 bits per heavy atom. The van der Waals surface area contributed by atoms with Crippen LogP contribution in [0.2, 0.25) is 0 Å². The van der Waals surface area contributed by atoms with Gasteiger partial charge >= 0.3 is 11.4 Å². The lowest BCUT2D eigenvalue weighted by Crippen LogP contribution is -2.60. The third kappa shape index (κ3) is 2.94. The van der Waals surface area contributed by atoms with E-state index in [-0.39, 0.29) is 28.4 Å². The number of aliphatic hydroxyl groups excluding tert-OH is 2. The molecule has 0 bridgehead atoms. The molecule has 39 heavy (non-hydrogen) atoms. The first kappa shape index (κ1) is 24.6. The van der Waals surface area contributed by atoms with Gasteiger partial charge in [-0.15, -0.1) is 0 Å². The predicted octanol–water partition coefficient (Wildman–Crippen LogP) is 0.892. The first-order valence-corrected chi connectivity index (χ1v) is 11.4. The molecule has 2 unspecified atom stereocenters. The number of allylic oxidation sites excluding steroid dienone is 1. The Morgan fingerprint density at radius 2 is 1.69 bits per heavy atom. The monoisotopic (exact) mass is 538 g/mol. The number of ether oxygens (including phenoxy) is 3. The fraction of sp³-hybridized carbons (Fsp3) is 0.231. The normalized spacial score (nSPS) is 25.3. The number of carbonyl (C=O) groups is 3. The van der Waals surface area contributed by atoms with Gasteiger partial charge in [0, 0.05) is 12.7 Å². The van der Waals surface area contributed by atoms with Crippen LogP contribution < -0.4 is 10.4 Å². The van der Waals surface area contributed by atoms with Crippen LogP contribution >= 0.6 is 0 Å². The van der Waals surface area contributed by atoms with Crippen LogP contribution in [0.4, 0.5) is 0 Å². The minimum atomic E-state index is -2.67. The van der Waals surface area contributed by atoms with Crippen LogP contribution in [0.15, 0.2) is 38.7 Å². The van der Waals surface area contributed by atoms with E-state index in [9.17, 15) is 44.7 Å². The number of hydrogen-bond acceptors (Lipinski definition) is 13. The average molecular weight is 538 g/mol. The molecule has 200 valence electrons. The van der Waals surface area contributed by atoms with E-state index in [1.807, 2.05) is 0 Å². The molecular weight excluding hydrogens is 520 g/mol. The molecule has 4 atom stereocenters. The van der Waals surface area contributed by atoms with Crippen molar-refractivity contribution in [3.63, 3.8) is 0 Å². The van der Waals surface area contributed by atoms with Crippen molar-refractivity contribution in [2.75, 3.05) is 7.11 Å². The van der Waals surface area contributed by atoms with Crippen LogP contribution in [0, 0.1) is 6.92 Å². The zero-order valence-electron chi connectivity index (χ0n) is 20.0. The minimum absolute atomic E-state index is 0.0538. The first-order chi connectivity index (χ1) is 18.5. The van der Waals surface area contributed by atoms with Crippen molar-refractivity contribution < 1.29 is 58.5 Å². The standard InChI is InChI=1S/C26H18O13/c1-7-3-8-4-10-20(18(31)12(8)25(35)37-7)38-26(24(34)21(10)36-2)23(33)15-17(30)13-11(28)5-9(6-27)16(29)14(13)19(32)22(15)39-26/h3-6,21,23-24,28-29,31,33-34H,1-2H3/t21?,23?,24-,26-/m0/s1. The summed E-state index contributed by atoms with van der Waals surface area (Å²) >= 11 is 0. The maximum Gasteiger partial charge on any atom is 0.347 e. The number of rotatable bonds is 2. The number of hydrogen-bond donors (Lipinski definition) is 5. The van der Waals surface area contributed by atoms with Crippen LogP contribution in [0.3, 0.4) is 0 Å². The Kier molecular flexibility index (Phi) is 4.98. The van der Waals surface area contributed by atoms with Crippen LogP contribution in [-0.4, -0.2) is 68.5 Å². The smallest absolute Gasteiger partial charge is 0.347 e. The van der Waals surface area contributed by atoms with E-state index in [4.69, 9.17) is 18.6 Å². The molecular formula is C26H18O13. The molecule has 2 aliphatic heterocycles. The Morgan fingerprint density at radius 1 is 0.974 bits per heavy atom. The summed E-state index contributed by atoms with van der Waals surface area (Å²) in [5.41, 5.74) is -3.51. The van der Waals surface area contributed by atoms with Crippen molar-refractivity contribution >= 4 is 28.6 Å². The van der Waals surface area contributed by atoms with Gasteiger partial charge in [-0.25, -0.2) is 4.79 Å². The highest BCUT2D eigenvalue weighted by Gasteiger charge is 2.66. The Hall–Kier alpha value is -4.72. The van der Waals surface area contributed by atoms with Crippen molar-refractivity contribution in [2.45, 2.75) is 31.0 Å². The second-order valence-electron chi connectivity index (χ2n) is 9.28. The molecule has 0 radical (unpaired) electrons. The number of aliphatic hydroxyl groups is 2. The SMILES string of the molecule is COC1c2cc3cc(C)oc(=O)c3c(O)c2O[C@@]2(OC3=C(C(=O)c4c(O)cc(C=O)c(O)c4C3=O)C2O)[C@H]1O. The Labute approximate surface area is 216 Å². The van der Waals surface area contributed by atoms with Gasteiger partial charge < -0.3 is 44.2 Å². The second kappa shape index (κ2) is 7.89. The van der Waals surface area contributed by atoms with Crippen molar-refractivity contribution in [3.8, 4) is 23.0 Å². The summed E-state index contributed by atoms with van der Waals surface area (Å²) in [7, 11) is 1.19. The number of ketones is 2. The number of methoxy groups -OCH3 is 1. The number of phenolic OH excluding ortho intramolecular Hbond substituents is 3. The number of aryl methyl sites for hydroxylation is 1. The highest BCUT2D eigenvalue weighted by atomic mass is 16.7. The van der Waals surface area contributed by atoms with E-state index in [0.29, 0.717) is 0 Å². The van der Waals surface area contributed by atoms with Gasteiger partial charge in [0.05, 0.1) is 22.3 Å². The fourth-order valence-corrected chi connectivity index (χ4v) is 5.40. The van der Waals surface area contributed by atoms with E-state index in [2.05, 4.69) is 0 Å². The van der Waals surface area contributed by atoms with E-state index >= 15 is 0 Å². The summed E-state index contributed by atoms with van der Waals surface area (Å²) in [5.74, 6) is -8.52. The lowest BCUT2D eigenvalue weighted by Gasteiger charge is -2.44. The van der Waals surface area contributed by atoms with E-state index in [1.165, 1.54) is 26.2 Å². The van der Waals surface area contributed by atoms with Gasteiger partial charge in [-0.3, -0.25) is 14.4 Å². The average Bonchev–Trinajstić information content (AvgIpc) is 3.18. The van der Waals surface area contributed by atoms with Gasteiger partial charge in [-0.05, 0) is 30.5 Å². The number of aromatic hydroxyl groups is 3. The van der Waals surface area contributed by atoms with Gasteiger partial charge in [-0.1, -0.05) is 0 Å². The maximum absolute atomic E-state index is 13.4. The van der Waals surface area contributed by atoms with Gasteiger partial charge in [0.15, 0.2) is 41.5 Å². The van der Waals surface area contributed by atoms with E-state index < -0.39 is 92.3 Å². The van der Waals surface area contributed by atoms with Crippen molar-refractivity contribution in [1.82, 2.24) is 0 Å².